The van der Waals surface area contributed by atoms with Crippen molar-refractivity contribution in [2.75, 3.05) is 25.7 Å². The molecule has 0 saturated carbocycles. The molecule has 1 rings (SSSR count). The zero-order valence-corrected chi connectivity index (χ0v) is 10.7. The van der Waals surface area contributed by atoms with E-state index in [0.29, 0.717) is 0 Å². The number of hydrogen-bond acceptors (Lipinski definition) is 2. The number of benzene rings is 1. The maximum Gasteiger partial charge on any atom is 0.238 e. The van der Waals surface area contributed by atoms with Crippen molar-refractivity contribution in [3.63, 3.8) is 0 Å². The summed E-state index contributed by atoms with van der Waals surface area (Å²) in [6.07, 6.45) is 0. The van der Waals surface area contributed by atoms with E-state index < -0.39 is 0 Å². The van der Waals surface area contributed by atoms with E-state index in [1.54, 1.807) is 14.2 Å². The van der Waals surface area contributed by atoms with Crippen LogP contribution in [-0.4, -0.2) is 25.7 Å². The molecular weight excluding hydrogens is 208 g/mol. The Morgan fingerprint density at radius 3 is 1.80 bits per heavy atom. The van der Waals surface area contributed by atoms with E-state index in [1.807, 2.05) is 18.2 Å². The third-order valence-electron chi connectivity index (χ3n) is 2.37. The van der Waals surface area contributed by atoms with Crippen LogP contribution in [0, 0.1) is 0 Å². The lowest BCUT2D eigenvalue weighted by Gasteiger charge is -2.12. The van der Waals surface area contributed by atoms with Crippen molar-refractivity contribution in [2.45, 2.75) is 18.7 Å². The minimum atomic E-state index is 0.225. The Labute approximate surface area is 94.9 Å². The molecule has 0 aromatic heterocycles. The van der Waals surface area contributed by atoms with Crippen LogP contribution in [0.25, 0.3) is 0 Å². The van der Waals surface area contributed by atoms with Gasteiger partial charge in [0.1, 0.15) is 11.5 Å². The van der Waals surface area contributed by atoms with Crippen LogP contribution >= 0.6 is 0 Å². The second kappa shape index (κ2) is 5.91. The van der Waals surface area contributed by atoms with Crippen molar-refractivity contribution < 1.29 is 9.47 Å². The van der Waals surface area contributed by atoms with E-state index >= 15 is 0 Å². The summed E-state index contributed by atoms with van der Waals surface area (Å²) < 4.78 is 10.8. The minimum Gasteiger partial charge on any atom is -0.491 e. The summed E-state index contributed by atoms with van der Waals surface area (Å²) >= 11 is 0. The van der Waals surface area contributed by atoms with E-state index in [-0.39, 0.29) is 10.9 Å². The van der Waals surface area contributed by atoms with E-state index in [1.165, 1.54) is 4.90 Å². The highest BCUT2D eigenvalue weighted by Crippen LogP contribution is 2.34. The normalized spacial score (nSPS) is 10.5. The maximum atomic E-state index is 5.40. The first kappa shape index (κ1) is 12.2. The second-order valence-electron chi connectivity index (χ2n) is 3.06. The molecule has 0 fully saturated rings. The predicted octanol–water partition coefficient (Wildman–Crippen LogP) is 2.72. The van der Waals surface area contributed by atoms with Gasteiger partial charge in [-0.25, -0.2) is 0 Å². The maximum absolute atomic E-state index is 5.40. The lowest BCUT2D eigenvalue weighted by atomic mass is 10.3. The summed E-state index contributed by atoms with van der Waals surface area (Å²) in [5.74, 6) is 4.16. The fourth-order valence-corrected chi connectivity index (χ4v) is 3.45. The molecule has 0 unspecified atom stereocenters. The zero-order valence-electron chi connectivity index (χ0n) is 9.87. The summed E-state index contributed by atoms with van der Waals surface area (Å²) in [5.41, 5.74) is 0. The van der Waals surface area contributed by atoms with Crippen LogP contribution in [0.2, 0.25) is 0 Å². The molecule has 0 bridgehead atoms. The van der Waals surface area contributed by atoms with Gasteiger partial charge >= 0.3 is 0 Å². The molecular formula is C12H19O2S+. The van der Waals surface area contributed by atoms with Crippen molar-refractivity contribution in [2.24, 2.45) is 0 Å². The molecule has 0 heterocycles. The van der Waals surface area contributed by atoms with Gasteiger partial charge < -0.3 is 9.47 Å². The largest absolute Gasteiger partial charge is 0.491 e. The van der Waals surface area contributed by atoms with Crippen LogP contribution in [0.15, 0.2) is 23.1 Å². The lowest BCUT2D eigenvalue weighted by Crippen LogP contribution is -2.11. The lowest BCUT2D eigenvalue weighted by molar-refractivity contribution is 0.376. The SMILES string of the molecule is CC[S+](CC)c1c(OC)cccc1OC. The summed E-state index contributed by atoms with van der Waals surface area (Å²) in [6, 6.07) is 5.97. The van der Waals surface area contributed by atoms with Crippen molar-refractivity contribution >= 4 is 10.9 Å². The molecule has 0 spiro atoms. The number of methoxy groups -OCH3 is 2. The molecule has 1 aromatic rings. The Bertz CT molecular complexity index is 286. The Balaban J connectivity index is 3.20. The molecule has 0 atom stereocenters. The predicted molar refractivity (Wildman–Crippen MR) is 66.3 cm³/mol. The van der Waals surface area contributed by atoms with E-state index in [4.69, 9.17) is 9.47 Å². The van der Waals surface area contributed by atoms with Gasteiger partial charge in [0.05, 0.1) is 14.2 Å². The molecule has 0 aliphatic heterocycles. The van der Waals surface area contributed by atoms with Gasteiger partial charge in [-0.3, -0.25) is 0 Å². The van der Waals surface area contributed by atoms with E-state index in [0.717, 1.165) is 23.0 Å². The fourth-order valence-electron chi connectivity index (χ4n) is 1.59. The van der Waals surface area contributed by atoms with Gasteiger partial charge in [0.15, 0.2) is 11.5 Å². The Hall–Kier alpha value is -0.830. The number of ether oxygens (including phenoxy) is 2. The molecule has 0 radical (unpaired) electrons. The molecule has 2 nitrogen and oxygen atoms in total. The summed E-state index contributed by atoms with van der Waals surface area (Å²) in [7, 11) is 3.65. The Morgan fingerprint density at radius 2 is 1.47 bits per heavy atom. The van der Waals surface area contributed by atoms with Gasteiger partial charge in [0.25, 0.3) is 0 Å². The first-order valence-corrected chi connectivity index (χ1v) is 6.73. The Kier molecular flexibility index (Phi) is 4.82. The van der Waals surface area contributed by atoms with Crippen molar-refractivity contribution in [1.82, 2.24) is 0 Å². The quantitative estimate of drug-likeness (QED) is 0.720. The van der Waals surface area contributed by atoms with Crippen LogP contribution in [0.4, 0.5) is 0 Å². The van der Waals surface area contributed by atoms with Gasteiger partial charge in [0.2, 0.25) is 4.90 Å². The van der Waals surface area contributed by atoms with Crippen LogP contribution in [0.3, 0.4) is 0 Å². The van der Waals surface area contributed by atoms with Crippen molar-refractivity contribution in [3.8, 4) is 11.5 Å². The highest BCUT2D eigenvalue weighted by molar-refractivity contribution is 7.97. The Morgan fingerprint density at radius 1 is 1.00 bits per heavy atom. The first-order chi connectivity index (χ1) is 7.28. The fraction of sp³-hybridized carbons (Fsp3) is 0.500. The monoisotopic (exact) mass is 227 g/mol. The topological polar surface area (TPSA) is 18.5 Å². The molecule has 0 amide bonds. The summed E-state index contributed by atoms with van der Waals surface area (Å²) in [6.45, 7) is 4.41. The average molecular weight is 227 g/mol. The van der Waals surface area contributed by atoms with Crippen molar-refractivity contribution in [3.05, 3.63) is 18.2 Å². The number of hydrogen-bond donors (Lipinski definition) is 0. The molecule has 1 aromatic carbocycles. The smallest absolute Gasteiger partial charge is 0.238 e. The molecule has 3 heteroatoms. The van der Waals surface area contributed by atoms with Crippen LogP contribution in [0.1, 0.15) is 13.8 Å². The summed E-state index contributed by atoms with van der Waals surface area (Å²) in [5, 5.41) is 0. The third-order valence-corrected chi connectivity index (χ3v) is 4.74. The molecule has 0 N–H and O–H groups in total. The minimum absolute atomic E-state index is 0.225. The zero-order chi connectivity index (χ0) is 11.3. The van der Waals surface area contributed by atoms with Gasteiger partial charge in [-0.1, -0.05) is 6.07 Å². The van der Waals surface area contributed by atoms with Gasteiger partial charge in [-0.2, -0.15) is 0 Å². The van der Waals surface area contributed by atoms with Gasteiger partial charge in [-0.05, 0) is 26.0 Å². The molecule has 0 aliphatic carbocycles. The van der Waals surface area contributed by atoms with Gasteiger partial charge in [0, 0.05) is 10.9 Å². The molecule has 0 aliphatic rings. The van der Waals surface area contributed by atoms with E-state index in [9.17, 15) is 0 Å². The molecule has 15 heavy (non-hydrogen) atoms. The second-order valence-corrected chi connectivity index (χ2v) is 5.61. The molecule has 0 saturated heterocycles. The van der Waals surface area contributed by atoms with Crippen LogP contribution < -0.4 is 9.47 Å². The first-order valence-electron chi connectivity index (χ1n) is 5.16. The average Bonchev–Trinajstić information content (AvgIpc) is 2.30. The van der Waals surface area contributed by atoms with E-state index in [2.05, 4.69) is 13.8 Å². The standard InChI is InChI=1S/C12H19O2S/c1-5-15(6-2)12-10(13-3)8-7-9-11(12)14-4/h7-9H,5-6H2,1-4H3/q+1. The third kappa shape index (κ3) is 2.59. The van der Waals surface area contributed by atoms with Crippen LogP contribution in [-0.2, 0) is 10.9 Å². The number of rotatable bonds is 5. The van der Waals surface area contributed by atoms with Crippen LogP contribution in [0.5, 0.6) is 11.5 Å². The highest BCUT2D eigenvalue weighted by Gasteiger charge is 2.26. The van der Waals surface area contributed by atoms with Crippen molar-refractivity contribution in [1.29, 1.82) is 0 Å². The summed E-state index contributed by atoms with van der Waals surface area (Å²) in [4.78, 5) is 1.23. The highest BCUT2D eigenvalue weighted by atomic mass is 32.2. The molecule has 84 valence electrons. The van der Waals surface area contributed by atoms with Gasteiger partial charge in [-0.15, -0.1) is 0 Å².